The molecule has 19 heavy (non-hydrogen) atoms. The lowest BCUT2D eigenvalue weighted by Gasteiger charge is -2.06. The largest absolute Gasteiger partial charge is 0.366 e. The van der Waals surface area contributed by atoms with Crippen molar-refractivity contribution < 1.29 is 4.39 Å². The Kier molecular flexibility index (Phi) is 2.64. The van der Waals surface area contributed by atoms with Gasteiger partial charge in [-0.25, -0.2) is 8.91 Å². The fourth-order valence-electron chi connectivity index (χ4n) is 2.01. The van der Waals surface area contributed by atoms with E-state index in [-0.39, 0.29) is 11.0 Å². The van der Waals surface area contributed by atoms with E-state index in [0.717, 1.165) is 16.7 Å². The van der Waals surface area contributed by atoms with E-state index in [9.17, 15) is 4.39 Å². The van der Waals surface area contributed by atoms with Gasteiger partial charge >= 0.3 is 0 Å². The van der Waals surface area contributed by atoms with Crippen molar-refractivity contribution in [2.75, 3.05) is 5.73 Å². The van der Waals surface area contributed by atoms with Crippen molar-refractivity contribution in [3.8, 4) is 11.1 Å². The molecule has 0 unspecified atom stereocenters. The topological polar surface area (TPSA) is 56.2 Å². The zero-order valence-corrected chi connectivity index (χ0v) is 10.8. The SMILES string of the molecule is Cc1cc(-c2ccc(F)c(Cl)c2)c2nc(N)nn2c1. The van der Waals surface area contributed by atoms with E-state index < -0.39 is 5.82 Å². The number of anilines is 1. The summed E-state index contributed by atoms with van der Waals surface area (Å²) in [5.74, 6) is -0.255. The first-order valence-corrected chi connectivity index (χ1v) is 6.00. The quantitative estimate of drug-likeness (QED) is 0.743. The Hall–Kier alpha value is -2.14. The maximum absolute atomic E-state index is 13.2. The molecule has 96 valence electrons. The molecule has 0 aliphatic rings. The second-order valence-corrected chi connectivity index (χ2v) is 4.71. The summed E-state index contributed by atoms with van der Waals surface area (Å²) in [7, 11) is 0. The number of hydrogen-bond acceptors (Lipinski definition) is 3. The van der Waals surface area contributed by atoms with Gasteiger partial charge in [-0.15, -0.1) is 5.10 Å². The lowest BCUT2D eigenvalue weighted by molar-refractivity contribution is 0.628. The molecule has 0 amide bonds. The van der Waals surface area contributed by atoms with Crippen molar-refractivity contribution >= 4 is 23.2 Å². The number of fused-ring (bicyclic) bond motifs is 1. The van der Waals surface area contributed by atoms with Crippen LogP contribution in [-0.4, -0.2) is 14.6 Å². The molecule has 2 heterocycles. The third kappa shape index (κ3) is 2.02. The minimum Gasteiger partial charge on any atom is -0.366 e. The Morgan fingerprint density at radius 1 is 1.32 bits per heavy atom. The van der Waals surface area contributed by atoms with E-state index in [0.29, 0.717) is 5.65 Å². The van der Waals surface area contributed by atoms with Gasteiger partial charge in [-0.1, -0.05) is 17.7 Å². The summed E-state index contributed by atoms with van der Waals surface area (Å²) in [5, 5.41) is 4.15. The molecule has 0 atom stereocenters. The minimum atomic E-state index is -0.449. The van der Waals surface area contributed by atoms with Gasteiger partial charge in [0, 0.05) is 11.8 Å². The van der Waals surface area contributed by atoms with E-state index in [2.05, 4.69) is 10.1 Å². The molecule has 3 aromatic rings. The number of rotatable bonds is 1. The summed E-state index contributed by atoms with van der Waals surface area (Å²) in [5.41, 5.74) is 8.80. The molecule has 3 rings (SSSR count). The maximum Gasteiger partial charge on any atom is 0.240 e. The highest BCUT2D eigenvalue weighted by atomic mass is 35.5. The Balaban J connectivity index is 2.31. The highest BCUT2D eigenvalue weighted by Gasteiger charge is 2.11. The van der Waals surface area contributed by atoms with Gasteiger partial charge in [0.15, 0.2) is 5.65 Å². The van der Waals surface area contributed by atoms with Gasteiger partial charge in [-0.05, 0) is 36.2 Å². The second kappa shape index (κ2) is 4.20. The first kappa shape index (κ1) is 11.9. The van der Waals surface area contributed by atoms with Crippen molar-refractivity contribution in [2.45, 2.75) is 6.92 Å². The van der Waals surface area contributed by atoms with Crippen LogP contribution in [0.5, 0.6) is 0 Å². The molecular weight excluding hydrogens is 267 g/mol. The molecule has 0 saturated heterocycles. The number of nitrogen functional groups attached to an aromatic ring is 1. The van der Waals surface area contributed by atoms with Gasteiger partial charge in [0.2, 0.25) is 5.95 Å². The Bertz CT molecular complexity index is 782. The van der Waals surface area contributed by atoms with Gasteiger partial charge < -0.3 is 5.73 Å². The normalized spacial score (nSPS) is 11.1. The maximum atomic E-state index is 13.2. The van der Waals surface area contributed by atoms with Gasteiger partial charge in [-0.3, -0.25) is 0 Å². The fraction of sp³-hybridized carbons (Fsp3) is 0.0769. The standard InChI is InChI=1S/C13H10ClFN4/c1-7-4-9(8-2-3-11(15)10(14)5-8)12-17-13(16)18-19(12)6-7/h2-6H,1H3,(H2,16,18). The third-order valence-electron chi connectivity index (χ3n) is 2.82. The van der Waals surface area contributed by atoms with Gasteiger partial charge in [-0.2, -0.15) is 4.98 Å². The minimum absolute atomic E-state index is 0.0737. The average Bonchev–Trinajstić information content (AvgIpc) is 2.72. The molecule has 1 aromatic carbocycles. The summed E-state index contributed by atoms with van der Waals surface area (Å²) in [6.07, 6.45) is 1.83. The molecule has 4 nitrogen and oxygen atoms in total. The molecule has 0 saturated carbocycles. The molecule has 0 aliphatic heterocycles. The van der Waals surface area contributed by atoms with Crippen LogP contribution in [0.15, 0.2) is 30.5 Å². The third-order valence-corrected chi connectivity index (χ3v) is 3.11. The van der Waals surface area contributed by atoms with Crippen LogP contribution in [0.25, 0.3) is 16.8 Å². The lowest BCUT2D eigenvalue weighted by atomic mass is 10.1. The van der Waals surface area contributed by atoms with Crippen LogP contribution in [0.3, 0.4) is 0 Å². The van der Waals surface area contributed by atoms with Crippen LogP contribution in [0, 0.1) is 12.7 Å². The van der Waals surface area contributed by atoms with Crippen molar-refractivity contribution in [1.29, 1.82) is 0 Å². The summed E-state index contributed by atoms with van der Waals surface area (Å²) in [4.78, 5) is 4.18. The molecule has 0 radical (unpaired) electrons. The Morgan fingerprint density at radius 2 is 2.11 bits per heavy atom. The average molecular weight is 277 g/mol. The number of aromatic nitrogens is 3. The number of nitrogens with two attached hydrogens (primary N) is 1. The van der Waals surface area contributed by atoms with Crippen molar-refractivity contribution in [2.24, 2.45) is 0 Å². The first-order valence-electron chi connectivity index (χ1n) is 5.62. The molecule has 0 fully saturated rings. The zero-order chi connectivity index (χ0) is 13.6. The second-order valence-electron chi connectivity index (χ2n) is 4.30. The fourth-order valence-corrected chi connectivity index (χ4v) is 2.19. The zero-order valence-electron chi connectivity index (χ0n) is 10.1. The van der Waals surface area contributed by atoms with E-state index in [1.807, 2.05) is 19.2 Å². The van der Waals surface area contributed by atoms with Gasteiger partial charge in [0.1, 0.15) is 5.82 Å². The molecule has 0 aliphatic carbocycles. The monoisotopic (exact) mass is 276 g/mol. The molecule has 0 bridgehead atoms. The van der Waals surface area contributed by atoms with Crippen molar-refractivity contribution in [3.63, 3.8) is 0 Å². The summed E-state index contributed by atoms with van der Waals surface area (Å²) in [6.45, 7) is 1.94. The number of benzene rings is 1. The number of hydrogen-bond donors (Lipinski definition) is 1. The van der Waals surface area contributed by atoms with E-state index in [4.69, 9.17) is 17.3 Å². The van der Waals surface area contributed by atoms with E-state index >= 15 is 0 Å². The summed E-state index contributed by atoms with van der Waals surface area (Å²) < 4.78 is 14.8. The number of aryl methyl sites for hydroxylation is 1. The Morgan fingerprint density at radius 3 is 2.84 bits per heavy atom. The van der Waals surface area contributed by atoms with Gasteiger partial charge in [0.25, 0.3) is 0 Å². The van der Waals surface area contributed by atoms with Crippen molar-refractivity contribution in [1.82, 2.24) is 14.6 Å². The molecule has 0 spiro atoms. The highest BCUT2D eigenvalue weighted by Crippen LogP contribution is 2.28. The van der Waals surface area contributed by atoms with Crippen LogP contribution in [-0.2, 0) is 0 Å². The number of pyridine rings is 1. The van der Waals surface area contributed by atoms with Crippen LogP contribution >= 0.6 is 11.6 Å². The summed E-state index contributed by atoms with van der Waals surface area (Å²) >= 11 is 5.82. The van der Waals surface area contributed by atoms with E-state index in [1.165, 1.54) is 6.07 Å². The number of nitrogens with zero attached hydrogens (tertiary/aromatic N) is 3. The van der Waals surface area contributed by atoms with Crippen LogP contribution in [0.1, 0.15) is 5.56 Å². The molecule has 2 aromatic heterocycles. The van der Waals surface area contributed by atoms with Gasteiger partial charge in [0.05, 0.1) is 5.02 Å². The highest BCUT2D eigenvalue weighted by molar-refractivity contribution is 6.31. The predicted molar refractivity (Wildman–Crippen MR) is 72.5 cm³/mol. The van der Waals surface area contributed by atoms with Crippen molar-refractivity contribution in [3.05, 3.63) is 46.9 Å². The smallest absolute Gasteiger partial charge is 0.240 e. The Labute approximate surface area is 113 Å². The first-order chi connectivity index (χ1) is 9.04. The summed E-state index contributed by atoms with van der Waals surface area (Å²) in [6, 6.07) is 6.49. The molecule has 6 heteroatoms. The lowest BCUT2D eigenvalue weighted by Crippen LogP contribution is -1.93. The van der Waals surface area contributed by atoms with E-state index in [1.54, 1.807) is 16.6 Å². The van der Waals surface area contributed by atoms with Crippen LogP contribution in [0.2, 0.25) is 5.02 Å². The van der Waals surface area contributed by atoms with Crippen LogP contribution < -0.4 is 5.73 Å². The molecular formula is C13H10ClFN4. The molecule has 2 N–H and O–H groups in total. The predicted octanol–water partition coefficient (Wildman–Crippen LogP) is 3.08. The number of halogens is 2. The van der Waals surface area contributed by atoms with Crippen LogP contribution in [0.4, 0.5) is 10.3 Å².